The second-order valence-corrected chi connectivity index (χ2v) is 7.15. The number of nitro groups is 1. The van der Waals surface area contributed by atoms with E-state index >= 15 is 0 Å². The molecule has 0 saturated carbocycles. The number of piperidine rings is 1. The number of carbonyl (C=O) groups excluding carboxylic acids is 1. The number of nitro benzene ring substituents is 1. The van der Waals surface area contributed by atoms with Gasteiger partial charge < -0.3 is 10.2 Å². The van der Waals surface area contributed by atoms with Gasteiger partial charge in [-0.3, -0.25) is 14.9 Å². The number of para-hydroxylation sites is 2. The molecular formula is C22H21N5O3. The maximum absolute atomic E-state index is 12.6. The average molecular weight is 403 g/mol. The van der Waals surface area contributed by atoms with Crippen molar-refractivity contribution < 1.29 is 9.72 Å². The van der Waals surface area contributed by atoms with Crippen molar-refractivity contribution >= 4 is 23.1 Å². The SMILES string of the molecule is O=C(Nc1ccccc1[N+](=O)[O-])C1CCN(c2cc(-c3ccccc3)ncn2)CC1. The molecule has 0 aliphatic carbocycles. The Labute approximate surface area is 173 Å². The molecule has 3 aromatic rings. The van der Waals surface area contributed by atoms with E-state index in [9.17, 15) is 14.9 Å². The standard InChI is InChI=1S/C22H21N5O3/c28-22(25-18-8-4-5-9-20(18)27(29)30)17-10-12-26(13-11-17)21-14-19(23-15-24-21)16-6-2-1-3-7-16/h1-9,14-15,17H,10-13H2,(H,25,28). The Morgan fingerprint density at radius 1 is 1.03 bits per heavy atom. The minimum atomic E-state index is -0.488. The highest BCUT2D eigenvalue weighted by Gasteiger charge is 2.27. The fourth-order valence-electron chi connectivity index (χ4n) is 3.63. The number of anilines is 2. The number of hydrogen-bond donors (Lipinski definition) is 1. The third-order valence-electron chi connectivity index (χ3n) is 5.27. The van der Waals surface area contributed by atoms with Gasteiger partial charge in [-0.15, -0.1) is 0 Å². The molecule has 8 heteroatoms. The van der Waals surface area contributed by atoms with Crippen molar-refractivity contribution in [3.05, 3.63) is 77.1 Å². The van der Waals surface area contributed by atoms with Crippen LogP contribution < -0.4 is 10.2 Å². The molecule has 2 heterocycles. The first kappa shape index (κ1) is 19.5. The molecule has 152 valence electrons. The smallest absolute Gasteiger partial charge is 0.292 e. The first-order valence-electron chi connectivity index (χ1n) is 9.78. The second kappa shape index (κ2) is 8.69. The Morgan fingerprint density at radius 2 is 1.73 bits per heavy atom. The van der Waals surface area contributed by atoms with E-state index in [1.54, 1.807) is 24.5 Å². The van der Waals surface area contributed by atoms with Gasteiger partial charge in [0.2, 0.25) is 5.91 Å². The molecule has 8 nitrogen and oxygen atoms in total. The van der Waals surface area contributed by atoms with Crippen LogP contribution in [0.5, 0.6) is 0 Å². The molecule has 1 aliphatic heterocycles. The topological polar surface area (TPSA) is 101 Å². The van der Waals surface area contributed by atoms with Gasteiger partial charge in [0, 0.05) is 36.7 Å². The maximum atomic E-state index is 12.6. The van der Waals surface area contributed by atoms with E-state index in [4.69, 9.17) is 0 Å². The highest BCUT2D eigenvalue weighted by molar-refractivity contribution is 5.94. The molecule has 0 unspecified atom stereocenters. The molecule has 1 aliphatic rings. The van der Waals surface area contributed by atoms with Crippen LogP contribution in [0.1, 0.15) is 12.8 Å². The van der Waals surface area contributed by atoms with Crippen LogP contribution in [-0.4, -0.2) is 33.9 Å². The van der Waals surface area contributed by atoms with E-state index < -0.39 is 4.92 Å². The molecule has 2 aromatic carbocycles. The Morgan fingerprint density at radius 3 is 2.47 bits per heavy atom. The number of carbonyl (C=O) groups is 1. The number of hydrogen-bond acceptors (Lipinski definition) is 6. The van der Waals surface area contributed by atoms with Gasteiger partial charge in [-0.05, 0) is 18.9 Å². The molecule has 1 N–H and O–H groups in total. The third-order valence-corrected chi connectivity index (χ3v) is 5.27. The lowest BCUT2D eigenvalue weighted by Crippen LogP contribution is -2.38. The summed E-state index contributed by atoms with van der Waals surface area (Å²) in [7, 11) is 0. The summed E-state index contributed by atoms with van der Waals surface area (Å²) in [5.41, 5.74) is 2.02. The molecule has 0 radical (unpaired) electrons. The van der Waals surface area contributed by atoms with Crippen molar-refractivity contribution in [3.63, 3.8) is 0 Å². The van der Waals surface area contributed by atoms with Crippen molar-refractivity contribution in [1.82, 2.24) is 9.97 Å². The van der Waals surface area contributed by atoms with E-state index in [0.29, 0.717) is 25.9 Å². The normalized spacial score (nSPS) is 14.3. The number of aromatic nitrogens is 2. The summed E-state index contributed by atoms with van der Waals surface area (Å²) in [6, 6.07) is 18.1. The highest BCUT2D eigenvalue weighted by atomic mass is 16.6. The molecule has 0 atom stereocenters. The molecule has 30 heavy (non-hydrogen) atoms. The number of nitrogens with one attached hydrogen (secondary N) is 1. The van der Waals surface area contributed by atoms with Gasteiger partial charge in [0.25, 0.3) is 5.69 Å². The Kier molecular flexibility index (Phi) is 5.65. The summed E-state index contributed by atoms with van der Waals surface area (Å²) in [6.45, 7) is 1.36. The molecule has 0 spiro atoms. The minimum absolute atomic E-state index is 0.0993. The molecule has 0 bridgehead atoms. The van der Waals surface area contributed by atoms with Gasteiger partial charge >= 0.3 is 0 Å². The van der Waals surface area contributed by atoms with Crippen molar-refractivity contribution in [2.75, 3.05) is 23.3 Å². The van der Waals surface area contributed by atoms with Gasteiger partial charge in [0.15, 0.2) is 0 Å². The number of nitrogens with zero attached hydrogens (tertiary/aromatic N) is 4. The molecule has 1 saturated heterocycles. The van der Waals surface area contributed by atoms with Crippen molar-refractivity contribution in [1.29, 1.82) is 0 Å². The summed E-state index contributed by atoms with van der Waals surface area (Å²) >= 11 is 0. The average Bonchev–Trinajstić information content (AvgIpc) is 2.80. The van der Waals surface area contributed by atoms with Crippen LogP contribution >= 0.6 is 0 Å². The maximum Gasteiger partial charge on any atom is 0.292 e. The van der Waals surface area contributed by atoms with Crippen LogP contribution in [0.2, 0.25) is 0 Å². The zero-order valence-electron chi connectivity index (χ0n) is 16.3. The van der Waals surface area contributed by atoms with Gasteiger partial charge in [0.1, 0.15) is 17.8 Å². The summed E-state index contributed by atoms with van der Waals surface area (Å²) < 4.78 is 0. The number of rotatable bonds is 5. The Hall–Kier alpha value is -3.81. The largest absolute Gasteiger partial charge is 0.356 e. The zero-order chi connectivity index (χ0) is 20.9. The molecule has 1 amide bonds. The first-order valence-corrected chi connectivity index (χ1v) is 9.78. The fourth-order valence-corrected chi connectivity index (χ4v) is 3.63. The van der Waals surface area contributed by atoms with Crippen LogP contribution in [0, 0.1) is 16.0 Å². The number of amides is 1. The van der Waals surface area contributed by atoms with E-state index in [2.05, 4.69) is 20.2 Å². The van der Waals surface area contributed by atoms with Crippen LogP contribution in [0.4, 0.5) is 17.2 Å². The first-order chi connectivity index (χ1) is 14.6. The van der Waals surface area contributed by atoms with Gasteiger partial charge in [0.05, 0.1) is 10.6 Å². The highest BCUT2D eigenvalue weighted by Crippen LogP contribution is 2.28. The summed E-state index contributed by atoms with van der Waals surface area (Å²) in [4.78, 5) is 34.2. The lowest BCUT2D eigenvalue weighted by Gasteiger charge is -2.32. The van der Waals surface area contributed by atoms with E-state index in [0.717, 1.165) is 17.1 Å². The van der Waals surface area contributed by atoms with Crippen LogP contribution in [0.3, 0.4) is 0 Å². The van der Waals surface area contributed by atoms with Crippen LogP contribution in [0.25, 0.3) is 11.3 Å². The van der Waals surface area contributed by atoms with Crippen molar-refractivity contribution in [3.8, 4) is 11.3 Å². The predicted molar refractivity (Wildman–Crippen MR) is 114 cm³/mol. The lowest BCUT2D eigenvalue weighted by molar-refractivity contribution is -0.383. The Bertz CT molecular complexity index is 1050. The summed E-state index contributed by atoms with van der Waals surface area (Å²) in [5, 5.41) is 13.9. The van der Waals surface area contributed by atoms with Gasteiger partial charge in [-0.25, -0.2) is 9.97 Å². The van der Waals surface area contributed by atoms with E-state index in [1.807, 2.05) is 36.4 Å². The van der Waals surface area contributed by atoms with Gasteiger partial charge in [-0.2, -0.15) is 0 Å². The minimum Gasteiger partial charge on any atom is -0.356 e. The quantitative estimate of drug-likeness (QED) is 0.512. The molecular weight excluding hydrogens is 382 g/mol. The Balaban J connectivity index is 1.40. The molecule has 1 aromatic heterocycles. The van der Waals surface area contributed by atoms with Crippen LogP contribution in [0.15, 0.2) is 67.0 Å². The van der Waals surface area contributed by atoms with Gasteiger partial charge in [-0.1, -0.05) is 42.5 Å². The van der Waals surface area contributed by atoms with Crippen molar-refractivity contribution in [2.45, 2.75) is 12.8 Å². The summed E-state index contributed by atoms with van der Waals surface area (Å²) in [6.07, 6.45) is 2.86. The lowest BCUT2D eigenvalue weighted by atomic mass is 9.95. The predicted octanol–water partition coefficient (Wildman–Crippen LogP) is 3.91. The van der Waals surface area contributed by atoms with Crippen LogP contribution in [-0.2, 0) is 4.79 Å². The fraction of sp³-hybridized carbons (Fsp3) is 0.227. The molecule has 1 fully saturated rings. The van der Waals surface area contributed by atoms with E-state index in [1.165, 1.54) is 6.07 Å². The monoisotopic (exact) mass is 403 g/mol. The molecule has 4 rings (SSSR count). The van der Waals surface area contributed by atoms with Crippen molar-refractivity contribution in [2.24, 2.45) is 5.92 Å². The summed E-state index contributed by atoms with van der Waals surface area (Å²) in [5.74, 6) is 0.453. The second-order valence-electron chi connectivity index (χ2n) is 7.15. The third kappa shape index (κ3) is 4.27. The number of benzene rings is 2. The van der Waals surface area contributed by atoms with E-state index in [-0.39, 0.29) is 23.2 Å². The zero-order valence-corrected chi connectivity index (χ0v) is 16.3.